The van der Waals surface area contributed by atoms with Crippen molar-refractivity contribution in [3.63, 3.8) is 0 Å². The smallest absolute Gasteiger partial charge is 0.330 e. The highest BCUT2D eigenvalue weighted by Crippen LogP contribution is 2.20. The monoisotopic (exact) mass is 466 g/mol. The van der Waals surface area contributed by atoms with Crippen molar-refractivity contribution in [2.45, 2.75) is 45.3 Å². The standard InChI is InChI=1S/C20H30N6O5S/c1-5-6-13-9-14(27)23-19(22-13)32-11-15(28)25(7-8-31-4)16-17(21)26(10-12(2)3)20(30)24-18(16)29/h9,12H,5-8,10-11,21H2,1-4H3,(H,22,23,27)(H,24,29,30). The molecule has 4 N–H and O–H groups in total. The van der Waals surface area contributed by atoms with Crippen LogP contribution in [0, 0.1) is 5.92 Å². The molecule has 1 amide bonds. The summed E-state index contributed by atoms with van der Waals surface area (Å²) in [6.07, 6.45) is 1.48. The SMILES string of the molecule is CCCc1cc(=O)[nH]c(SCC(=O)N(CCOC)c2c(N)n(CC(C)C)c(=O)[nH]c2=O)n1. The molecule has 2 heterocycles. The van der Waals surface area contributed by atoms with Crippen LogP contribution < -0.4 is 27.4 Å². The zero-order valence-corrected chi connectivity index (χ0v) is 19.6. The third kappa shape index (κ3) is 6.57. The van der Waals surface area contributed by atoms with Crippen LogP contribution in [0.15, 0.2) is 25.6 Å². The Morgan fingerprint density at radius 3 is 2.66 bits per heavy atom. The third-order valence-corrected chi connectivity index (χ3v) is 5.32. The summed E-state index contributed by atoms with van der Waals surface area (Å²) in [6.45, 7) is 6.28. The van der Waals surface area contributed by atoms with Gasteiger partial charge in [0.2, 0.25) is 5.91 Å². The minimum atomic E-state index is -0.751. The normalized spacial score (nSPS) is 11.2. The van der Waals surface area contributed by atoms with Crippen LogP contribution in [-0.4, -0.2) is 51.4 Å². The van der Waals surface area contributed by atoms with Gasteiger partial charge in [-0.2, -0.15) is 0 Å². The number of carbonyl (C=O) groups is 1. The van der Waals surface area contributed by atoms with Gasteiger partial charge in [0.25, 0.3) is 11.1 Å². The highest BCUT2D eigenvalue weighted by Gasteiger charge is 2.24. The summed E-state index contributed by atoms with van der Waals surface area (Å²) in [5, 5.41) is 0.313. The lowest BCUT2D eigenvalue weighted by Gasteiger charge is -2.24. The van der Waals surface area contributed by atoms with Crippen molar-refractivity contribution >= 4 is 29.2 Å². The fraction of sp³-hybridized carbons (Fsp3) is 0.550. The van der Waals surface area contributed by atoms with Crippen molar-refractivity contribution in [3.8, 4) is 0 Å². The number of nitrogen functional groups attached to an aromatic ring is 1. The van der Waals surface area contributed by atoms with E-state index in [1.165, 1.54) is 22.6 Å². The van der Waals surface area contributed by atoms with Gasteiger partial charge in [-0.25, -0.2) is 9.78 Å². The molecule has 0 fully saturated rings. The molecule has 0 unspecified atom stereocenters. The van der Waals surface area contributed by atoms with Crippen molar-refractivity contribution in [2.24, 2.45) is 5.92 Å². The van der Waals surface area contributed by atoms with Gasteiger partial charge in [0.05, 0.1) is 12.4 Å². The van der Waals surface area contributed by atoms with E-state index in [0.29, 0.717) is 17.3 Å². The van der Waals surface area contributed by atoms with Crippen LogP contribution in [0.25, 0.3) is 0 Å². The number of nitrogens with two attached hydrogens (primary N) is 1. The minimum absolute atomic E-state index is 0.0584. The number of methoxy groups -OCH3 is 1. The Labute approximate surface area is 189 Å². The molecule has 12 heteroatoms. The van der Waals surface area contributed by atoms with Gasteiger partial charge < -0.3 is 20.4 Å². The van der Waals surface area contributed by atoms with Crippen LogP contribution in [0.2, 0.25) is 0 Å². The van der Waals surface area contributed by atoms with Gasteiger partial charge in [0.15, 0.2) is 10.8 Å². The van der Waals surface area contributed by atoms with Crippen molar-refractivity contribution in [1.29, 1.82) is 0 Å². The van der Waals surface area contributed by atoms with Crippen molar-refractivity contribution in [3.05, 3.63) is 43.0 Å². The summed E-state index contributed by atoms with van der Waals surface area (Å²) in [5.41, 5.74) is 5.03. The number of amides is 1. The Hall–Kier alpha value is -2.86. The number of nitrogens with zero attached hydrogens (tertiary/aromatic N) is 3. The van der Waals surface area contributed by atoms with E-state index in [0.717, 1.165) is 18.2 Å². The maximum Gasteiger partial charge on any atom is 0.330 e. The number of H-pyrrole nitrogens is 2. The minimum Gasteiger partial charge on any atom is -0.383 e. The van der Waals surface area contributed by atoms with Gasteiger partial charge in [-0.3, -0.25) is 23.9 Å². The molecule has 0 spiro atoms. The van der Waals surface area contributed by atoms with Crippen molar-refractivity contribution in [1.82, 2.24) is 19.5 Å². The molecule has 2 aromatic rings. The molecule has 0 saturated heterocycles. The van der Waals surface area contributed by atoms with Crippen molar-refractivity contribution in [2.75, 3.05) is 36.6 Å². The Balaban J connectivity index is 2.36. The number of rotatable bonds is 11. The number of carbonyl (C=O) groups excluding carboxylic acids is 1. The zero-order chi connectivity index (χ0) is 23.8. The highest BCUT2D eigenvalue weighted by atomic mass is 32.2. The zero-order valence-electron chi connectivity index (χ0n) is 18.8. The second kappa shape index (κ2) is 11.7. The number of hydrogen-bond acceptors (Lipinski definition) is 8. The van der Waals surface area contributed by atoms with Crippen LogP contribution in [-0.2, 0) is 22.5 Å². The Morgan fingerprint density at radius 1 is 1.31 bits per heavy atom. The van der Waals surface area contributed by atoms with E-state index in [1.807, 2.05) is 20.8 Å². The molecule has 0 aliphatic rings. The number of aromatic amines is 2. The number of anilines is 2. The van der Waals surface area contributed by atoms with E-state index >= 15 is 0 Å². The molecule has 32 heavy (non-hydrogen) atoms. The first kappa shape index (κ1) is 25.4. The lowest BCUT2D eigenvalue weighted by atomic mass is 10.2. The van der Waals surface area contributed by atoms with Crippen LogP contribution in [0.1, 0.15) is 32.9 Å². The predicted molar refractivity (Wildman–Crippen MR) is 124 cm³/mol. The number of ether oxygens (including phenoxy) is 1. The topological polar surface area (TPSA) is 156 Å². The first-order chi connectivity index (χ1) is 15.2. The molecule has 0 aliphatic heterocycles. The average Bonchev–Trinajstić information content (AvgIpc) is 2.71. The number of aromatic nitrogens is 4. The summed E-state index contributed by atoms with van der Waals surface area (Å²) in [4.78, 5) is 60.2. The summed E-state index contributed by atoms with van der Waals surface area (Å²) < 4.78 is 6.33. The third-order valence-electron chi connectivity index (χ3n) is 4.46. The molecular weight excluding hydrogens is 436 g/mol. The summed E-state index contributed by atoms with van der Waals surface area (Å²) in [7, 11) is 1.47. The maximum atomic E-state index is 13.1. The molecule has 2 rings (SSSR count). The van der Waals surface area contributed by atoms with E-state index in [4.69, 9.17) is 10.5 Å². The summed E-state index contributed by atoms with van der Waals surface area (Å²) in [6, 6.07) is 1.43. The highest BCUT2D eigenvalue weighted by molar-refractivity contribution is 7.99. The molecule has 0 aliphatic carbocycles. The largest absolute Gasteiger partial charge is 0.383 e. The van der Waals surface area contributed by atoms with E-state index in [-0.39, 0.29) is 48.4 Å². The molecule has 2 aromatic heterocycles. The van der Waals surface area contributed by atoms with Gasteiger partial charge >= 0.3 is 5.69 Å². The molecule has 0 radical (unpaired) electrons. The number of nitrogens with one attached hydrogen (secondary N) is 2. The van der Waals surface area contributed by atoms with Gasteiger partial charge in [0, 0.05) is 32.0 Å². The summed E-state index contributed by atoms with van der Waals surface area (Å²) in [5.74, 6) is -0.545. The van der Waals surface area contributed by atoms with Gasteiger partial charge in [-0.15, -0.1) is 0 Å². The quantitative estimate of drug-likeness (QED) is 0.321. The first-order valence-corrected chi connectivity index (χ1v) is 11.3. The van der Waals surface area contributed by atoms with Gasteiger partial charge in [-0.05, 0) is 12.3 Å². The average molecular weight is 467 g/mol. The molecule has 0 aromatic carbocycles. The maximum absolute atomic E-state index is 13.1. The Morgan fingerprint density at radius 2 is 2.03 bits per heavy atom. The summed E-state index contributed by atoms with van der Waals surface area (Å²) >= 11 is 1.05. The number of aryl methyl sites for hydroxylation is 1. The van der Waals surface area contributed by atoms with Gasteiger partial charge in [-0.1, -0.05) is 39.0 Å². The molecule has 11 nitrogen and oxygen atoms in total. The predicted octanol–water partition coefficient (Wildman–Crippen LogP) is 0.582. The fourth-order valence-corrected chi connectivity index (χ4v) is 3.84. The second-order valence-corrected chi connectivity index (χ2v) is 8.58. The number of hydrogen-bond donors (Lipinski definition) is 3. The van der Waals surface area contributed by atoms with E-state index in [9.17, 15) is 19.2 Å². The fourth-order valence-electron chi connectivity index (χ4n) is 3.07. The van der Waals surface area contributed by atoms with E-state index in [2.05, 4.69) is 15.0 Å². The van der Waals surface area contributed by atoms with E-state index < -0.39 is 17.2 Å². The second-order valence-electron chi connectivity index (χ2n) is 7.62. The lowest BCUT2D eigenvalue weighted by molar-refractivity contribution is -0.116. The molecule has 0 saturated carbocycles. The van der Waals surface area contributed by atoms with E-state index in [1.54, 1.807) is 0 Å². The first-order valence-electron chi connectivity index (χ1n) is 10.3. The van der Waals surface area contributed by atoms with Gasteiger partial charge in [0.1, 0.15) is 5.82 Å². The molecule has 176 valence electrons. The van der Waals surface area contributed by atoms with Crippen LogP contribution in [0.3, 0.4) is 0 Å². The molecule has 0 bridgehead atoms. The molecule has 0 atom stereocenters. The van der Waals surface area contributed by atoms with Crippen LogP contribution in [0.5, 0.6) is 0 Å². The molecular formula is C20H30N6O5S. The Bertz CT molecular complexity index is 1110. The van der Waals surface area contributed by atoms with Crippen molar-refractivity contribution < 1.29 is 9.53 Å². The lowest BCUT2D eigenvalue weighted by Crippen LogP contribution is -2.43. The Kier molecular flexibility index (Phi) is 9.27. The van der Waals surface area contributed by atoms with Crippen LogP contribution in [0.4, 0.5) is 11.5 Å². The number of thioether (sulfide) groups is 1. The van der Waals surface area contributed by atoms with Crippen LogP contribution >= 0.6 is 11.8 Å².